The fourth-order valence-electron chi connectivity index (χ4n) is 0.959. The third kappa shape index (κ3) is 2.53. The Morgan fingerprint density at radius 1 is 1.29 bits per heavy atom. The Kier molecular flexibility index (Phi) is 2.85. The molecule has 0 radical (unpaired) electrons. The maximum atomic E-state index is 11.3. The Morgan fingerprint density at radius 2 is 1.79 bits per heavy atom. The summed E-state index contributed by atoms with van der Waals surface area (Å²) in [6.45, 7) is 1.81. The van der Waals surface area contributed by atoms with Crippen molar-refractivity contribution in [3.8, 4) is 0 Å². The Bertz CT molecular complexity index is 435. The molecule has 0 aromatic heterocycles. The molecule has 0 saturated carbocycles. The van der Waals surface area contributed by atoms with Crippen molar-refractivity contribution in [3.63, 3.8) is 0 Å². The van der Waals surface area contributed by atoms with Crippen LogP contribution >= 0.6 is 0 Å². The van der Waals surface area contributed by atoms with E-state index in [0.29, 0.717) is 0 Å². The first-order chi connectivity index (χ1) is 6.42. The molecule has 0 fully saturated rings. The zero-order valence-corrected chi connectivity index (χ0v) is 8.32. The van der Waals surface area contributed by atoms with Gasteiger partial charge in [-0.15, -0.1) is 0 Å². The molecule has 0 saturated heterocycles. The third-order valence-corrected chi connectivity index (χ3v) is 3.20. The lowest BCUT2D eigenvalue weighted by atomic mass is 10.2. The molecule has 6 heteroatoms. The number of nitro groups is 1. The molecule has 14 heavy (non-hydrogen) atoms. The number of sulfone groups is 1. The number of hydrogen-bond acceptors (Lipinski definition) is 4. The van der Waals surface area contributed by atoms with Crippen LogP contribution in [0, 0.1) is 17.0 Å². The summed E-state index contributed by atoms with van der Waals surface area (Å²) in [6.07, 6.45) is 0. The minimum absolute atomic E-state index is 0.0141. The molecule has 0 aliphatic heterocycles. The van der Waals surface area contributed by atoms with Gasteiger partial charge in [0.15, 0.2) is 0 Å². The van der Waals surface area contributed by atoms with Crippen LogP contribution in [0.5, 0.6) is 0 Å². The van der Waals surface area contributed by atoms with Crippen molar-refractivity contribution in [3.05, 3.63) is 39.9 Å². The fraction of sp³-hybridized carbons (Fsp3) is 0.250. The van der Waals surface area contributed by atoms with Crippen LogP contribution in [-0.2, 0) is 9.84 Å². The highest BCUT2D eigenvalue weighted by Gasteiger charge is 2.20. The average Bonchev–Trinajstić information content (AvgIpc) is 2.02. The topological polar surface area (TPSA) is 77.3 Å². The SMILES string of the molecule is Cc1ccc(S(=O)(=O)C[N+](=O)[O-])cc1. The van der Waals surface area contributed by atoms with Crippen LogP contribution in [0.15, 0.2) is 29.2 Å². The minimum atomic E-state index is -3.78. The normalized spacial score (nSPS) is 11.2. The van der Waals surface area contributed by atoms with E-state index in [1.165, 1.54) is 12.1 Å². The van der Waals surface area contributed by atoms with Crippen LogP contribution in [-0.4, -0.2) is 19.2 Å². The van der Waals surface area contributed by atoms with Crippen LogP contribution in [0.1, 0.15) is 5.56 Å². The van der Waals surface area contributed by atoms with Crippen molar-refractivity contribution in [1.82, 2.24) is 0 Å². The molecule has 76 valence electrons. The number of nitrogens with zero attached hydrogens (tertiary/aromatic N) is 1. The highest BCUT2D eigenvalue weighted by atomic mass is 32.2. The number of aryl methyl sites for hydroxylation is 1. The van der Waals surface area contributed by atoms with Gasteiger partial charge in [0.05, 0.1) is 4.90 Å². The van der Waals surface area contributed by atoms with Gasteiger partial charge >= 0.3 is 5.88 Å². The summed E-state index contributed by atoms with van der Waals surface area (Å²) in [7, 11) is -3.78. The van der Waals surface area contributed by atoms with E-state index in [1.807, 2.05) is 6.92 Å². The summed E-state index contributed by atoms with van der Waals surface area (Å²) in [5.74, 6) is -1.06. The van der Waals surface area contributed by atoms with E-state index in [9.17, 15) is 18.5 Å². The van der Waals surface area contributed by atoms with Gasteiger partial charge in [0.1, 0.15) is 0 Å². The number of hydrogen-bond donors (Lipinski definition) is 0. The lowest BCUT2D eigenvalue weighted by Gasteiger charge is -1.99. The lowest BCUT2D eigenvalue weighted by molar-refractivity contribution is -0.458. The smallest absolute Gasteiger partial charge is 0.263 e. The minimum Gasteiger partial charge on any atom is -0.263 e. The van der Waals surface area contributed by atoms with Gasteiger partial charge in [0.2, 0.25) is 9.84 Å². The zero-order valence-electron chi connectivity index (χ0n) is 7.50. The van der Waals surface area contributed by atoms with Crippen LogP contribution in [0.25, 0.3) is 0 Å². The lowest BCUT2D eigenvalue weighted by Crippen LogP contribution is -2.14. The van der Waals surface area contributed by atoms with Gasteiger partial charge in [-0.1, -0.05) is 17.7 Å². The first-order valence-electron chi connectivity index (χ1n) is 3.83. The van der Waals surface area contributed by atoms with E-state index in [1.54, 1.807) is 12.1 Å². The van der Waals surface area contributed by atoms with Gasteiger partial charge in [0, 0.05) is 4.92 Å². The largest absolute Gasteiger partial charge is 0.305 e. The molecule has 0 unspecified atom stereocenters. The molecule has 0 aliphatic rings. The van der Waals surface area contributed by atoms with Gasteiger partial charge in [-0.2, -0.15) is 0 Å². The summed E-state index contributed by atoms with van der Waals surface area (Å²) in [5, 5.41) is 10.1. The highest BCUT2D eigenvalue weighted by molar-refractivity contribution is 7.91. The van der Waals surface area contributed by atoms with Crippen LogP contribution in [0.4, 0.5) is 0 Å². The average molecular weight is 215 g/mol. The predicted octanol–water partition coefficient (Wildman–Crippen LogP) is 1.00. The second-order valence-corrected chi connectivity index (χ2v) is 4.85. The summed E-state index contributed by atoms with van der Waals surface area (Å²) in [5.41, 5.74) is 0.907. The van der Waals surface area contributed by atoms with Gasteiger partial charge in [-0.25, -0.2) is 8.42 Å². The Hall–Kier alpha value is -1.43. The zero-order chi connectivity index (χ0) is 10.8. The quantitative estimate of drug-likeness (QED) is 0.556. The molecular formula is C8H9NO4S. The van der Waals surface area contributed by atoms with Crippen LogP contribution in [0.3, 0.4) is 0 Å². The summed E-state index contributed by atoms with van der Waals surface area (Å²) < 4.78 is 22.6. The Morgan fingerprint density at radius 3 is 2.21 bits per heavy atom. The third-order valence-electron chi connectivity index (χ3n) is 1.66. The molecule has 5 nitrogen and oxygen atoms in total. The van der Waals surface area contributed by atoms with Crippen molar-refractivity contribution < 1.29 is 13.3 Å². The summed E-state index contributed by atoms with van der Waals surface area (Å²) >= 11 is 0. The Labute approximate surface area is 81.4 Å². The predicted molar refractivity (Wildman–Crippen MR) is 50.2 cm³/mol. The molecule has 0 N–H and O–H groups in total. The van der Waals surface area contributed by atoms with Gasteiger partial charge < -0.3 is 0 Å². The molecule has 0 bridgehead atoms. The van der Waals surface area contributed by atoms with Gasteiger partial charge in [-0.05, 0) is 19.1 Å². The molecule has 1 rings (SSSR count). The number of rotatable bonds is 3. The first kappa shape index (κ1) is 10.6. The van der Waals surface area contributed by atoms with E-state index in [-0.39, 0.29) is 4.90 Å². The second kappa shape index (κ2) is 3.75. The van der Waals surface area contributed by atoms with Gasteiger partial charge in [0.25, 0.3) is 0 Å². The van der Waals surface area contributed by atoms with Crippen molar-refractivity contribution >= 4 is 9.84 Å². The van der Waals surface area contributed by atoms with E-state index in [0.717, 1.165) is 5.56 Å². The van der Waals surface area contributed by atoms with Gasteiger partial charge in [-0.3, -0.25) is 10.1 Å². The fourth-order valence-corrected chi connectivity index (χ4v) is 1.94. The molecule has 0 amide bonds. The highest BCUT2D eigenvalue weighted by Crippen LogP contribution is 2.11. The second-order valence-electron chi connectivity index (χ2n) is 2.89. The first-order valence-corrected chi connectivity index (χ1v) is 5.48. The van der Waals surface area contributed by atoms with Crippen LogP contribution in [0.2, 0.25) is 0 Å². The van der Waals surface area contributed by atoms with Crippen molar-refractivity contribution in [2.75, 3.05) is 5.88 Å². The summed E-state index contributed by atoms with van der Waals surface area (Å²) in [4.78, 5) is 9.22. The maximum Gasteiger partial charge on any atom is 0.305 e. The van der Waals surface area contributed by atoms with E-state index < -0.39 is 20.6 Å². The molecule has 0 aliphatic carbocycles. The Balaban J connectivity index is 3.05. The van der Waals surface area contributed by atoms with Crippen LogP contribution < -0.4 is 0 Å². The maximum absolute atomic E-state index is 11.3. The summed E-state index contributed by atoms with van der Waals surface area (Å²) in [6, 6.07) is 5.95. The molecule has 1 aromatic carbocycles. The van der Waals surface area contributed by atoms with E-state index in [2.05, 4.69) is 0 Å². The standard InChI is InChI=1S/C8H9NO4S/c1-7-2-4-8(5-3-7)14(12,13)6-9(10)11/h2-5H,6H2,1H3. The monoisotopic (exact) mass is 215 g/mol. The van der Waals surface area contributed by atoms with E-state index in [4.69, 9.17) is 0 Å². The molecule has 0 spiro atoms. The molecule has 0 atom stereocenters. The van der Waals surface area contributed by atoms with Crippen molar-refractivity contribution in [2.45, 2.75) is 11.8 Å². The molecule has 1 aromatic rings. The van der Waals surface area contributed by atoms with Crippen molar-refractivity contribution in [2.24, 2.45) is 0 Å². The number of benzene rings is 1. The van der Waals surface area contributed by atoms with E-state index >= 15 is 0 Å². The molecule has 0 heterocycles. The molecular weight excluding hydrogens is 206 g/mol. The van der Waals surface area contributed by atoms with Crippen molar-refractivity contribution in [1.29, 1.82) is 0 Å².